The zero-order valence-corrected chi connectivity index (χ0v) is 18.8. The molecule has 0 saturated carbocycles. The van der Waals surface area contributed by atoms with E-state index in [1.807, 2.05) is 19.3 Å². The molecule has 4 heterocycles. The molecule has 1 N–H and O–H groups in total. The summed E-state index contributed by atoms with van der Waals surface area (Å²) in [4.78, 5) is 28.8. The van der Waals surface area contributed by atoms with Crippen molar-refractivity contribution in [3.63, 3.8) is 0 Å². The van der Waals surface area contributed by atoms with E-state index in [-0.39, 0.29) is 18.1 Å². The molecule has 1 amide bonds. The molecule has 0 radical (unpaired) electrons. The van der Waals surface area contributed by atoms with Crippen molar-refractivity contribution in [2.45, 2.75) is 12.8 Å². The van der Waals surface area contributed by atoms with Crippen molar-refractivity contribution in [3.8, 4) is 17.0 Å². The van der Waals surface area contributed by atoms with Crippen LogP contribution >= 0.6 is 0 Å². The van der Waals surface area contributed by atoms with Crippen molar-refractivity contribution in [1.29, 1.82) is 0 Å². The van der Waals surface area contributed by atoms with Crippen LogP contribution < -0.4 is 9.64 Å². The number of nitrogens with one attached hydrogen (secondary N) is 1. The molecule has 0 aliphatic carbocycles. The molecule has 1 aromatic carbocycles. The Labute approximate surface area is 198 Å². The second-order valence-electron chi connectivity index (χ2n) is 8.28. The normalized spacial score (nSPS) is 14.5. The zero-order chi connectivity index (χ0) is 24.6. The highest BCUT2D eigenvalue weighted by atomic mass is 19.4. The number of carbonyl (C=O) groups is 1. The van der Waals surface area contributed by atoms with E-state index < -0.39 is 6.36 Å². The maximum absolute atomic E-state index is 12.8. The van der Waals surface area contributed by atoms with Gasteiger partial charge in [-0.2, -0.15) is 5.10 Å². The van der Waals surface area contributed by atoms with Crippen LogP contribution in [0.4, 0.5) is 19.0 Å². The largest absolute Gasteiger partial charge is 0.573 e. The summed E-state index contributed by atoms with van der Waals surface area (Å²) in [5.74, 6) is 0.408. The molecular weight excluding hydrogens is 463 g/mol. The maximum atomic E-state index is 12.8. The molecule has 182 valence electrons. The number of amides is 1. The standard InChI is InChI=1S/C23H22F3N7O2/c1-31-13-16(12-29-31)19-11-18-21(30-19)27-14-28-22(18)33-8-6-32(7-9-33)20(34)10-15-2-4-17(5-3-15)35-23(24,25)26/h2-5,11-14H,6-10H2,1H3,(H,27,28,30). The molecule has 0 atom stereocenters. The SMILES string of the molecule is Cn1cc(-c2cc3c(N4CCN(C(=O)Cc5ccc(OC(F)(F)F)cc5)CC4)ncnc3[nH]2)cn1. The Hall–Kier alpha value is -4.09. The molecule has 5 rings (SSSR count). The van der Waals surface area contributed by atoms with Gasteiger partial charge in [-0.1, -0.05) is 12.1 Å². The third-order valence-electron chi connectivity index (χ3n) is 5.86. The summed E-state index contributed by atoms with van der Waals surface area (Å²) in [6.45, 7) is 2.23. The summed E-state index contributed by atoms with van der Waals surface area (Å²) in [6, 6.07) is 7.37. The third-order valence-corrected chi connectivity index (χ3v) is 5.86. The van der Waals surface area contributed by atoms with Crippen LogP contribution in [0.3, 0.4) is 0 Å². The molecule has 0 spiro atoms. The van der Waals surface area contributed by atoms with Crippen LogP contribution in [-0.2, 0) is 18.3 Å². The Morgan fingerprint density at radius 1 is 1.11 bits per heavy atom. The lowest BCUT2D eigenvalue weighted by atomic mass is 10.1. The summed E-state index contributed by atoms with van der Waals surface area (Å²) >= 11 is 0. The number of anilines is 1. The number of alkyl halides is 3. The van der Waals surface area contributed by atoms with E-state index in [1.54, 1.807) is 15.8 Å². The van der Waals surface area contributed by atoms with E-state index in [2.05, 4.69) is 29.7 Å². The number of benzene rings is 1. The van der Waals surface area contributed by atoms with Gasteiger partial charge in [-0.25, -0.2) is 9.97 Å². The van der Waals surface area contributed by atoms with E-state index in [9.17, 15) is 18.0 Å². The summed E-state index contributed by atoms with van der Waals surface area (Å²) in [6.07, 6.45) is 0.576. The summed E-state index contributed by atoms with van der Waals surface area (Å²) in [7, 11) is 1.86. The van der Waals surface area contributed by atoms with Crippen LogP contribution in [0.1, 0.15) is 5.56 Å². The first kappa shape index (κ1) is 22.7. The van der Waals surface area contributed by atoms with Crippen LogP contribution in [-0.4, -0.2) is 68.1 Å². The number of halogens is 3. The highest BCUT2D eigenvalue weighted by molar-refractivity contribution is 5.92. The van der Waals surface area contributed by atoms with Gasteiger partial charge < -0.3 is 19.5 Å². The van der Waals surface area contributed by atoms with Crippen molar-refractivity contribution in [3.05, 3.63) is 54.6 Å². The Bertz CT molecular complexity index is 1340. The van der Waals surface area contributed by atoms with Crippen molar-refractivity contribution in [2.75, 3.05) is 31.1 Å². The van der Waals surface area contributed by atoms with Gasteiger partial charge in [0.1, 0.15) is 23.5 Å². The predicted octanol–water partition coefficient (Wildman–Crippen LogP) is 3.15. The molecule has 0 unspecified atom stereocenters. The number of hydrogen-bond donors (Lipinski definition) is 1. The van der Waals surface area contributed by atoms with Crippen molar-refractivity contribution < 1.29 is 22.7 Å². The number of hydrogen-bond acceptors (Lipinski definition) is 6. The molecular formula is C23H22F3N7O2. The lowest BCUT2D eigenvalue weighted by Gasteiger charge is -2.35. The van der Waals surface area contributed by atoms with Crippen molar-refractivity contribution in [1.82, 2.24) is 29.6 Å². The fourth-order valence-corrected chi connectivity index (χ4v) is 4.16. The second-order valence-corrected chi connectivity index (χ2v) is 8.28. The van der Waals surface area contributed by atoms with Gasteiger partial charge in [0.25, 0.3) is 0 Å². The average Bonchev–Trinajstić information content (AvgIpc) is 3.45. The molecule has 3 aromatic heterocycles. The number of aromatic nitrogens is 5. The van der Waals surface area contributed by atoms with Crippen LogP contribution in [0.2, 0.25) is 0 Å². The quantitative estimate of drug-likeness (QED) is 0.467. The van der Waals surface area contributed by atoms with E-state index in [0.29, 0.717) is 31.7 Å². The molecule has 1 saturated heterocycles. The smallest absolute Gasteiger partial charge is 0.406 e. The van der Waals surface area contributed by atoms with E-state index in [1.165, 1.54) is 30.6 Å². The minimum absolute atomic E-state index is 0.0810. The Balaban J connectivity index is 1.22. The number of rotatable bonds is 5. The van der Waals surface area contributed by atoms with Crippen molar-refractivity contribution in [2.24, 2.45) is 7.05 Å². The number of aryl methyl sites for hydroxylation is 1. The number of piperazine rings is 1. The summed E-state index contributed by atoms with van der Waals surface area (Å²) in [5.41, 5.74) is 3.20. The number of carbonyl (C=O) groups excluding carboxylic acids is 1. The Morgan fingerprint density at radius 3 is 2.51 bits per heavy atom. The zero-order valence-electron chi connectivity index (χ0n) is 18.8. The molecule has 12 heteroatoms. The topological polar surface area (TPSA) is 92.2 Å². The highest BCUT2D eigenvalue weighted by Gasteiger charge is 2.31. The molecule has 35 heavy (non-hydrogen) atoms. The lowest BCUT2D eigenvalue weighted by molar-refractivity contribution is -0.274. The van der Waals surface area contributed by atoms with Crippen molar-refractivity contribution >= 4 is 22.8 Å². The number of H-pyrrole nitrogens is 1. The Morgan fingerprint density at radius 2 is 1.86 bits per heavy atom. The molecule has 4 aromatic rings. The Kier molecular flexibility index (Phi) is 5.79. The first-order chi connectivity index (χ1) is 16.7. The van der Waals surface area contributed by atoms with Crippen LogP contribution in [0, 0.1) is 0 Å². The van der Waals surface area contributed by atoms with E-state index in [0.717, 1.165) is 28.1 Å². The molecule has 1 aliphatic rings. The van der Waals surface area contributed by atoms with E-state index >= 15 is 0 Å². The van der Waals surface area contributed by atoms with Gasteiger partial charge in [-0.05, 0) is 23.8 Å². The summed E-state index contributed by atoms with van der Waals surface area (Å²) in [5, 5.41) is 5.11. The van der Waals surface area contributed by atoms with Crippen LogP contribution in [0.25, 0.3) is 22.3 Å². The lowest BCUT2D eigenvalue weighted by Crippen LogP contribution is -2.49. The average molecular weight is 485 g/mol. The fraction of sp³-hybridized carbons (Fsp3) is 0.304. The fourth-order valence-electron chi connectivity index (χ4n) is 4.16. The maximum Gasteiger partial charge on any atom is 0.573 e. The van der Waals surface area contributed by atoms with Gasteiger partial charge in [0, 0.05) is 45.0 Å². The summed E-state index contributed by atoms with van der Waals surface area (Å²) < 4.78 is 42.5. The van der Waals surface area contributed by atoms with Crippen LogP contribution in [0.5, 0.6) is 5.75 Å². The monoisotopic (exact) mass is 485 g/mol. The second kappa shape index (κ2) is 8.93. The first-order valence-electron chi connectivity index (χ1n) is 11.0. The first-order valence-corrected chi connectivity index (χ1v) is 11.0. The highest BCUT2D eigenvalue weighted by Crippen LogP contribution is 2.29. The van der Waals surface area contributed by atoms with Crippen LogP contribution in [0.15, 0.2) is 49.1 Å². The minimum atomic E-state index is -4.74. The minimum Gasteiger partial charge on any atom is -0.406 e. The van der Waals surface area contributed by atoms with Gasteiger partial charge in [0.15, 0.2) is 0 Å². The van der Waals surface area contributed by atoms with Gasteiger partial charge in [-0.15, -0.1) is 13.2 Å². The molecule has 1 fully saturated rings. The molecule has 1 aliphatic heterocycles. The predicted molar refractivity (Wildman–Crippen MR) is 122 cm³/mol. The third kappa shape index (κ3) is 5.05. The number of aromatic amines is 1. The number of nitrogens with zero attached hydrogens (tertiary/aromatic N) is 6. The molecule has 0 bridgehead atoms. The number of ether oxygens (including phenoxy) is 1. The van der Waals surface area contributed by atoms with E-state index in [4.69, 9.17) is 0 Å². The van der Waals surface area contributed by atoms with Gasteiger partial charge in [0.2, 0.25) is 5.91 Å². The van der Waals surface area contributed by atoms with Gasteiger partial charge >= 0.3 is 6.36 Å². The van der Waals surface area contributed by atoms with Gasteiger partial charge in [-0.3, -0.25) is 9.48 Å². The van der Waals surface area contributed by atoms with Gasteiger partial charge in [0.05, 0.1) is 23.7 Å². The molecule has 9 nitrogen and oxygen atoms in total. The number of fused-ring (bicyclic) bond motifs is 1.